The van der Waals surface area contributed by atoms with Crippen LogP contribution in [0.3, 0.4) is 0 Å². The first-order chi connectivity index (χ1) is 37.5. The highest BCUT2D eigenvalue weighted by atomic mass is 16.5. The van der Waals surface area contributed by atoms with Crippen molar-refractivity contribution in [2.45, 2.75) is 386 Å². The van der Waals surface area contributed by atoms with Crippen LogP contribution < -0.4 is 5.32 Å². The van der Waals surface area contributed by atoms with Crippen molar-refractivity contribution in [1.29, 1.82) is 0 Å². The van der Waals surface area contributed by atoms with E-state index in [1.54, 1.807) is 6.08 Å². The fraction of sp³-hybridized carbons (Fsp3) is 0.886. The second kappa shape index (κ2) is 65.6. The highest BCUT2D eigenvalue weighted by Crippen LogP contribution is 2.18. The molecule has 3 N–H and O–H groups in total. The van der Waals surface area contributed by atoms with E-state index in [4.69, 9.17) is 4.74 Å². The molecule has 0 saturated carbocycles. The van der Waals surface area contributed by atoms with Gasteiger partial charge in [0, 0.05) is 12.8 Å². The molecule has 0 aromatic heterocycles. The number of carbonyl (C=O) groups is 2. The number of hydrogen-bond donors (Lipinski definition) is 3. The summed E-state index contributed by atoms with van der Waals surface area (Å²) in [5.41, 5.74) is 0. The highest BCUT2D eigenvalue weighted by Gasteiger charge is 2.18. The number of aliphatic hydroxyl groups is 2. The molecule has 0 bridgehead atoms. The number of nitrogens with one attached hydrogen (secondary N) is 1. The van der Waals surface area contributed by atoms with E-state index in [0.29, 0.717) is 19.4 Å². The van der Waals surface area contributed by atoms with E-state index in [9.17, 15) is 19.8 Å². The smallest absolute Gasteiger partial charge is 0.305 e. The van der Waals surface area contributed by atoms with Crippen molar-refractivity contribution >= 4 is 11.9 Å². The van der Waals surface area contributed by atoms with Gasteiger partial charge in [-0.25, -0.2) is 0 Å². The minimum absolute atomic E-state index is 0.0164. The van der Waals surface area contributed by atoms with E-state index in [1.165, 1.54) is 302 Å². The van der Waals surface area contributed by atoms with E-state index in [0.717, 1.165) is 44.9 Å². The summed E-state index contributed by atoms with van der Waals surface area (Å²) in [5, 5.41) is 23.1. The predicted molar refractivity (Wildman–Crippen MR) is 333 cm³/mol. The number of hydrogen-bond acceptors (Lipinski definition) is 5. The van der Waals surface area contributed by atoms with Crippen molar-refractivity contribution in [2.75, 3.05) is 13.2 Å². The molecule has 0 saturated heterocycles. The second-order valence-corrected chi connectivity index (χ2v) is 23.5. The third kappa shape index (κ3) is 61.3. The van der Waals surface area contributed by atoms with Crippen molar-refractivity contribution in [3.63, 3.8) is 0 Å². The van der Waals surface area contributed by atoms with Gasteiger partial charge in [0.2, 0.25) is 5.91 Å². The van der Waals surface area contributed by atoms with Gasteiger partial charge in [-0.3, -0.25) is 9.59 Å². The molecule has 0 aromatic carbocycles. The molecule has 0 aliphatic carbocycles. The number of amides is 1. The molecular formula is C70H133NO5. The average Bonchev–Trinajstić information content (AvgIpc) is 3.42. The van der Waals surface area contributed by atoms with Crippen molar-refractivity contribution < 1.29 is 24.5 Å². The third-order valence-electron chi connectivity index (χ3n) is 15.9. The number of carbonyl (C=O) groups excluding carboxylic acids is 2. The van der Waals surface area contributed by atoms with Gasteiger partial charge in [0.15, 0.2) is 0 Å². The molecule has 1 amide bonds. The molecule has 0 aromatic rings. The van der Waals surface area contributed by atoms with Crippen molar-refractivity contribution in [3.05, 3.63) is 36.5 Å². The lowest BCUT2D eigenvalue weighted by Gasteiger charge is -2.20. The normalized spacial score (nSPS) is 12.7. The van der Waals surface area contributed by atoms with Crippen LogP contribution in [-0.2, 0) is 14.3 Å². The van der Waals surface area contributed by atoms with Crippen LogP contribution in [0, 0.1) is 0 Å². The van der Waals surface area contributed by atoms with Crippen LogP contribution >= 0.6 is 0 Å². The number of allylic oxidation sites excluding steroid dienone is 5. The Morgan fingerprint density at radius 2 is 0.658 bits per heavy atom. The lowest BCUT2D eigenvalue weighted by molar-refractivity contribution is -0.143. The molecule has 0 fully saturated rings. The Bertz CT molecular complexity index is 1230. The minimum atomic E-state index is -0.842. The summed E-state index contributed by atoms with van der Waals surface area (Å²) >= 11 is 0. The molecule has 0 rings (SSSR count). The zero-order valence-corrected chi connectivity index (χ0v) is 51.3. The third-order valence-corrected chi connectivity index (χ3v) is 15.9. The van der Waals surface area contributed by atoms with Gasteiger partial charge in [-0.15, -0.1) is 0 Å². The molecule has 6 nitrogen and oxygen atoms in total. The Labute approximate surface area is 474 Å². The monoisotopic (exact) mass is 1070 g/mol. The summed E-state index contributed by atoms with van der Waals surface area (Å²) in [4.78, 5) is 24.5. The zero-order chi connectivity index (χ0) is 55.0. The van der Waals surface area contributed by atoms with Crippen LogP contribution in [0.1, 0.15) is 373 Å². The number of rotatable bonds is 64. The van der Waals surface area contributed by atoms with Crippen LogP contribution in [0.2, 0.25) is 0 Å². The van der Waals surface area contributed by atoms with Crippen LogP contribution in [0.15, 0.2) is 36.5 Å². The van der Waals surface area contributed by atoms with Crippen molar-refractivity contribution in [3.8, 4) is 0 Å². The lowest BCUT2D eigenvalue weighted by Crippen LogP contribution is -2.45. The largest absolute Gasteiger partial charge is 0.466 e. The number of ether oxygens (including phenoxy) is 1. The Morgan fingerprint density at radius 3 is 1.00 bits per heavy atom. The van der Waals surface area contributed by atoms with Gasteiger partial charge in [0.05, 0.1) is 25.4 Å². The molecule has 2 unspecified atom stereocenters. The van der Waals surface area contributed by atoms with Crippen LogP contribution in [-0.4, -0.2) is 47.4 Å². The van der Waals surface area contributed by atoms with E-state index < -0.39 is 12.1 Å². The first-order valence-electron chi connectivity index (χ1n) is 34.3. The number of esters is 1. The van der Waals surface area contributed by atoms with Gasteiger partial charge < -0.3 is 20.3 Å². The van der Waals surface area contributed by atoms with Crippen molar-refractivity contribution in [2.24, 2.45) is 0 Å². The Hall–Kier alpha value is -1.92. The van der Waals surface area contributed by atoms with Crippen LogP contribution in [0.25, 0.3) is 0 Å². The summed E-state index contributed by atoms with van der Waals surface area (Å²) in [6.07, 6.45) is 83.7. The summed E-state index contributed by atoms with van der Waals surface area (Å²) in [6.45, 7) is 4.92. The predicted octanol–water partition coefficient (Wildman–Crippen LogP) is 21.9. The topological polar surface area (TPSA) is 95.9 Å². The molecule has 0 aliphatic rings. The summed E-state index contributed by atoms with van der Waals surface area (Å²) in [6, 6.07) is -0.625. The molecule has 0 spiro atoms. The summed E-state index contributed by atoms with van der Waals surface area (Å²) in [7, 11) is 0. The number of unbranched alkanes of at least 4 members (excludes halogenated alkanes) is 49. The number of aliphatic hydroxyl groups excluding tert-OH is 2. The molecule has 448 valence electrons. The summed E-state index contributed by atoms with van der Waals surface area (Å²) in [5.74, 6) is -0.0482. The maximum atomic E-state index is 12.5. The SMILES string of the molecule is CCCCCCCCCCCCC/C=C/C(O)C(CO)NC(=O)CCCCCCCCCCCCCCCCCCC/C=C\C/C=C\CCCCCCCCCCCCCOC(=O)CCCCCCCCCCCCC. The van der Waals surface area contributed by atoms with Gasteiger partial charge in [-0.05, 0) is 64.2 Å². The van der Waals surface area contributed by atoms with E-state index in [-0.39, 0.29) is 18.5 Å². The fourth-order valence-corrected chi connectivity index (χ4v) is 10.7. The quantitative estimate of drug-likeness (QED) is 0.0320. The highest BCUT2D eigenvalue weighted by molar-refractivity contribution is 5.76. The lowest BCUT2D eigenvalue weighted by atomic mass is 10.0. The van der Waals surface area contributed by atoms with Gasteiger partial charge in [-0.1, -0.05) is 333 Å². The molecule has 0 heterocycles. The first kappa shape index (κ1) is 74.1. The van der Waals surface area contributed by atoms with Gasteiger partial charge >= 0.3 is 5.97 Å². The molecule has 2 atom stereocenters. The Balaban J connectivity index is 3.38. The standard InChI is InChI=1S/C70H133NO5/c1-3-5-7-9-11-13-15-39-43-46-50-54-58-62-68(73)67(66-72)71-69(74)63-59-55-51-47-44-40-37-35-33-31-29-27-25-23-21-19-17-16-18-20-22-24-26-28-30-32-34-36-38-41-45-49-53-57-61-65-76-70(75)64-60-56-52-48-42-14-12-10-8-6-4-2/h18,20,24,26,58,62,67-68,72-73H,3-17,19,21-23,25,27-57,59-61,63-66H2,1-2H3,(H,71,74)/b20-18-,26-24-,62-58+. The second-order valence-electron chi connectivity index (χ2n) is 23.5. The van der Waals surface area contributed by atoms with Crippen LogP contribution in [0.5, 0.6) is 0 Å². The maximum absolute atomic E-state index is 12.5. The molecular weight excluding hydrogens is 935 g/mol. The molecule has 76 heavy (non-hydrogen) atoms. The van der Waals surface area contributed by atoms with Crippen molar-refractivity contribution in [1.82, 2.24) is 5.32 Å². The van der Waals surface area contributed by atoms with Gasteiger partial charge in [0.1, 0.15) is 0 Å². The average molecular weight is 1070 g/mol. The van der Waals surface area contributed by atoms with E-state index in [1.807, 2.05) is 6.08 Å². The fourth-order valence-electron chi connectivity index (χ4n) is 10.7. The molecule has 0 radical (unpaired) electrons. The van der Waals surface area contributed by atoms with Gasteiger partial charge in [0.25, 0.3) is 0 Å². The summed E-state index contributed by atoms with van der Waals surface area (Å²) < 4.78 is 5.47. The van der Waals surface area contributed by atoms with Gasteiger partial charge in [-0.2, -0.15) is 0 Å². The molecule has 6 heteroatoms. The Kier molecular flexibility index (Phi) is 63.9. The molecule has 0 aliphatic heterocycles. The maximum Gasteiger partial charge on any atom is 0.305 e. The van der Waals surface area contributed by atoms with E-state index in [2.05, 4.69) is 43.5 Å². The minimum Gasteiger partial charge on any atom is -0.466 e. The Morgan fingerprint density at radius 1 is 0.368 bits per heavy atom. The first-order valence-corrected chi connectivity index (χ1v) is 34.3. The zero-order valence-electron chi connectivity index (χ0n) is 51.3. The van der Waals surface area contributed by atoms with E-state index >= 15 is 0 Å². The van der Waals surface area contributed by atoms with Crippen LogP contribution in [0.4, 0.5) is 0 Å².